The fourth-order valence-corrected chi connectivity index (χ4v) is 4.59. The van der Waals surface area contributed by atoms with Gasteiger partial charge < -0.3 is 14.6 Å². The van der Waals surface area contributed by atoms with Gasteiger partial charge in [0.25, 0.3) is 0 Å². The SMILES string of the molecule is CCCCCCCC(=O)CC[C@@H]1[C@@H](C/C=C\CCCC(=O)OC(C)C)[C@@H](O)C[C@H]1OC. The number of hydrogen-bond donors (Lipinski definition) is 1. The van der Waals surface area contributed by atoms with E-state index in [2.05, 4.69) is 19.1 Å². The summed E-state index contributed by atoms with van der Waals surface area (Å²) in [7, 11) is 1.70. The van der Waals surface area contributed by atoms with Gasteiger partial charge in [-0.05, 0) is 57.8 Å². The molecule has 1 N–H and O–H groups in total. The predicted molar refractivity (Wildman–Crippen MR) is 125 cm³/mol. The second-order valence-corrected chi connectivity index (χ2v) is 9.28. The van der Waals surface area contributed by atoms with Crippen molar-refractivity contribution in [1.29, 1.82) is 0 Å². The van der Waals surface area contributed by atoms with Gasteiger partial charge in [0.15, 0.2) is 0 Å². The molecule has 1 saturated carbocycles. The van der Waals surface area contributed by atoms with E-state index >= 15 is 0 Å². The molecule has 0 amide bonds. The minimum absolute atomic E-state index is 0.0246. The van der Waals surface area contributed by atoms with Crippen LogP contribution in [0.4, 0.5) is 0 Å². The molecule has 0 saturated heterocycles. The van der Waals surface area contributed by atoms with Gasteiger partial charge in [0.1, 0.15) is 5.78 Å². The van der Waals surface area contributed by atoms with E-state index in [9.17, 15) is 14.7 Å². The molecule has 0 unspecified atom stereocenters. The number of carbonyl (C=O) groups excluding carboxylic acids is 2. The van der Waals surface area contributed by atoms with Gasteiger partial charge in [-0.3, -0.25) is 9.59 Å². The maximum atomic E-state index is 12.3. The first-order chi connectivity index (χ1) is 14.9. The summed E-state index contributed by atoms with van der Waals surface area (Å²) in [5, 5.41) is 10.5. The number of carbonyl (C=O) groups is 2. The van der Waals surface area contributed by atoms with Crippen molar-refractivity contribution in [1.82, 2.24) is 0 Å². The van der Waals surface area contributed by atoms with Gasteiger partial charge in [0, 0.05) is 32.8 Å². The van der Waals surface area contributed by atoms with Gasteiger partial charge in [-0.2, -0.15) is 0 Å². The van der Waals surface area contributed by atoms with Crippen LogP contribution in [0.1, 0.15) is 104 Å². The van der Waals surface area contributed by atoms with Gasteiger partial charge in [-0.1, -0.05) is 44.8 Å². The molecule has 31 heavy (non-hydrogen) atoms. The lowest BCUT2D eigenvalue weighted by Crippen LogP contribution is -2.23. The lowest BCUT2D eigenvalue weighted by Gasteiger charge is -2.24. The first kappa shape index (κ1) is 27.8. The summed E-state index contributed by atoms with van der Waals surface area (Å²) in [6.45, 7) is 5.91. The molecule has 0 aromatic carbocycles. The van der Waals surface area contributed by atoms with Crippen LogP contribution >= 0.6 is 0 Å². The number of methoxy groups -OCH3 is 1. The molecule has 180 valence electrons. The van der Waals surface area contributed by atoms with Gasteiger partial charge >= 0.3 is 5.97 Å². The Labute approximate surface area is 190 Å². The fraction of sp³-hybridized carbons (Fsp3) is 0.846. The zero-order chi connectivity index (χ0) is 23.1. The van der Waals surface area contributed by atoms with E-state index in [0.29, 0.717) is 31.5 Å². The molecule has 0 aromatic rings. The molecule has 0 radical (unpaired) electrons. The third kappa shape index (κ3) is 11.8. The smallest absolute Gasteiger partial charge is 0.306 e. The van der Waals surface area contributed by atoms with E-state index in [4.69, 9.17) is 9.47 Å². The van der Waals surface area contributed by atoms with E-state index in [1.807, 2.05) is 13.8 Å². The number of ketones is 1. The van der Waals surface area contributed by atoms with Crippen molar-refractivity contribution < 1.29 is 24.2 Å². The molecule has 1 rings (SSSR count). The van der Waals surface area contributed by atoms with Crippen LogP contribution in [0.2, 0.25) is 0 Å². The molecule has 5 heteroatoms. The average molecular weight is 439 g/mol. The second-order valence-electron chi connectivity index (χ2n) is 9.28. The van der Waals surface area contributed by atoms with Crippen LogP contribution in [0.15, 0.2) is 12.2 Å². The monoisotopic (exact) mass is 438 g/mol. The summed E-state index contributed by atoms with van der Waals surface area (Å²) >= 11 is 0. The lowest BCUT2D eigenvalue weighted by atomic mass is 9.86. The minimum atomic E-state index is -0.384. The molecule has 0 heterocycles. The molecular formula is C26H46O5. The Balaban J connectivity index is 2.38. The van der Waals surface area contributed by atoms with Crippen molar-refractivity contribution in [2.24, 2.45) is 11.8 Å². The number of allylic oxidation sites excluding steroid dienone is 2. The van der Waals surface area contributed by atoms with Crippen LogP contribution < -0.4 is 0 Å². The number of hydrogen-bond acceptors (Lipinski definition) is 5. The normalized spacial score (nSPS) is 23.7. The van der Waals surface area contributed by atoms with Gasteiger partial charge in [0.05, 0.1) is 18.3 Å². The number of rotatable bonds is 17. The topological polar surface area (TPSA) is 72.8 Å². The fourth-order valence-electron chi connectivity index (χ4n) is 4.59. The van der Waals surface area contributed by atoms with E-state index in [0.717, 1.165) is 38.5 Å². The Morgan fingerprint density at radius 2 is 1.74 bits per heavy atom. The Morgan fingerprint density at radius 3 is 2.42 bits per heavy atom. The van der Waals surface area contributed by atoms with Gasteiger partial charge in [0.2, 0.25) is 0 Å². The van der Waals surface area contributed by atoms with Crippen molar-refractivity contribution in [3.63, 3.8) is 0 Å². The quantitative estimate of drug-likeness (QED) is 0.177. The standard InChI is InChI=1S/C26H46O5/c1-5-6-7-8-11-14-21(27)17-18-23-22(24(28)19-25(23)30-4)15-12-9-10-13-16-26(29)31-20(2)3/h9,12,20,22-25,28H,5-8,10-11,13-19H2,1-4H3/b12-9-/t22-,23-,24+,25-/m1/s1. The molecule has 1 fully saturated rings. The lowest BCUT2D eigenvalue weighted by molar-refractivity contribution is -0.147. The summed E-state index contributed by atoms with van der Waals surface area (Å²) in [4.78, 5) is 23.9. The van der Waals surface area contributed by atoms with E-state index in [1.54, 1.807) is 7.11 Å². The molecular weight excluding hydrogens is 392 g/mol. The molecule has 0 aromatic heterocycles. The molecule has 4 atom stereocenters. The van der Waals surface area contributed by atoms with Crippen molar-refractivity contribution in [2.45, 2.75) is 123 Å². The Hall–Kier alpha value is -1.20. The Kier molecular flexibility index (Phi) is 14.8. The van der Waals surface area contributed by atoms with Crippen molar-refractivity contribution in [3.05, 3.63) is 12.2 Å². The molecule has 0 bridgehead atoms. The molecule has 0 aliphatic heterocycles. The predicted octanol–water partition coefficient (Wildman–Crippen LogP) is 5.78. The van der Waals surface area contributed by atoms with Crippen LogP contribution in [0.3, 0.4) is 0 Å². The van der Waals surface area contributed by atoms with Crippen molar-refractivity contribution in [2.75, 3.05) is 7.11 Å². The van der Waals surface area contributed by atoms with E-state index in [1.165, 1.54) is 19.3 Å². The molecule has 1 aliphatic carbocycles. The first-order valence-corrected chi connectivity index (χ1v) is 12.5. The van der Waals surface area contributed by atoms with Crippen molar-refractivity contribution in [3.8, 4) is 0 Å². The van der Waals surface area contributed by atoms with Crippen LogP contribution in [-0.4, -0.2) is 42.3 Å². The Bertz CT molecular complexity index is 528. The largest absolute Gasteiger partial charge is 0.463 e. The van der Waals surface area contributed by atoms with Gasteiger partial charge in [-0.15, -0.1) is 0 Å². The highest BCUT2D eigenvalue weighted by molar-refractivity contribution is 5.78. The summed E-state index contributed by atoms with van der Waals surface area (Å²) in [5.41, 5.74) is 0. The van der Waals surface area contributed by atoms with E-state index < -0.39 is 0 Å². The highest BCUT2D eigenvalue weighted by atomic mass is 16.5. The summed E-state index contributed by atoms with van der Waals surface area (Å²) < 4.78 is 10.8. The van der Waals surface area contributed by atoms with Crippen molar-refractivity contribution >= 4 is 11.8 Å². The van der Waals surface area contributed by atoms with E-state index in [-0.39, 0.29) is 36.1 Å². The zero-order valence-corrected chi connectivity index (χ0v) is 20.3. The number of esters is 1. The maximum absolute atomic E-state index is 12.3. The third-order valence-electron chi connectivity index (χ3n) is 6.31. The minimum Gasteiger partial charge on any atom is -0.463 e. The highest BCUT2D eigenvalue weighted by Crippen LogP contribution is 2.39. The van der Waals surface area contributed by atoms with Crippen LogP contribution in [0.25, 0.3) is 0 Å². The number of aliphatic hydroxyl groups is 1. The molecule has 1 aliphatic rings. The number of Topliss-reactive ketones (excluding diaryl/α,β-unsaturated/α-hetero) is 1. The average Bonchev–Trinajstić information content (AvgIpc) is 3.02. The summed E-state index contributed by atoms with van der Waals surface area (Å²) in [5.74, 6) is 0.544. The third-order valence-corrected chi connectivity index (χ3v) is 6.31. The van der Waals surface area contributed by atoms with Crippen LogP contribution in [0, 0.1) is 11.8 Å². The molecule has 5 nitrogen and oxygen atoms in total. The Morgan fingerprint density at radius 1 is 1.00 bits per heavy atom. The van der Waals surface area contributed by atoms with Crippen LogP contribution in [0.5, 0.6) is 0 Å². The number of aliphatic hydroxyl groups excluding tert-OH is 1. The number of ether oxygens (including phenoxy) is 2. The zero-order valence-electron chi connectivity index (χ0n) is 20.3. The maximum Gasteiger partial charge on any atom is 0.306 e. The number of unbranched alkanes of at least 4 members (excludes halogenated alkanes) is 5. The first-order valence-electron chi connectivity index (χ1n) is 12.5. The van der Waals surface area contributed by atoms with Gasteiger partial charge in [-0.25, -0.2) is 0 Å². The second kappa shape index (κ2) is 16.4. The van der Waals surface area contributed by atoms with Crippen LogP contribution in [-0.2, 0) is 19.1 Å². The summed E-state index contributed by atoms with van der Waals surface area (Å²) in [6.07, 6.45) is 15.1. The highest BCUT2D eigenvalue weighted by Gasteiger charge is 2.41. The molecule has 0 spiro atoms. The summed E-state index contributed by atoms with van der Waals surface area (Å²) in [6, 6.07) is 0.